The molecule has 1 nitrogen and oxygen atoms in total. The topological polar surface area (TPSA) is 3.24 Å². The van der Waals surface area contributed by atoms with Gasteiger partial charge in [-0.1, -0.05) is 27.2 Å². The van der Waals surface area contributed by atoms with E-state index in [9.17, 15) is 0 Å². The first-order chi connectivity index (χ1) is 4.35. The summed E-state index contributed by atoms with van der Waals surface area (Å²) in [7, 11) is 0. The van der Waals surface area contributed by atoms with E-state index in [2.05, 4.69) is 37.9 Å². The number of rotatable bonds is 4. The Morgan fingerprint density at radius 1 is 1.20 bits per heavy atom. The van der Waals surface area contributed by atoms with Crippen LogP contribution in [0.1, 0.15) is 27.2 Å². The van der Waals surface area contributed by atoms with Gasteiger partial charge in [-0.15, -0.1) is 0 Å². The molecule has 0 saturated carbocycles. The summed E-state index contributed by atoms with van der Waals surface area (Å²) < 4.78 is 0. The Bertz CT molecular complexity index is 77.3. The van der Waals surface area contributed by atoms with Crippen LogP contribution in [0.15, 0.2) is 6.08 Å². The van der Waals surface area contributed by atoms with Crippen molar-refractivity contribution in [2.24, 2.45) is 0 Å². The van der Waals surface area contributed by atoms with Crippen LogP contribution in [0.4, 0.5) is 0 Å². The Kier molecular flexibility index (Phi) is 11.7. The predicted octanol–water partition coefficient (Wildman–Crippen LogP) is -0.941. The van der Waals surface area contributed by atoms with Crippen LogP contribution in [-0.4, -0.2) is 18.0 Å². The molecule has 0 aromatic heterocycles. The van der Waals surface area contributed by atoms with Crippen LogP contribution in [0.25, 0.3) is 0 Å². The summed E-state index contributed by atoms with van der Waals surface area (Å²) in [5.41, 5.74) is 0. The number of hydrogen-bond acceptors (Lipinski definition) is 1. The van der Waals surface area contributed by atoms with E-state index in [4.69, 9.17) is 0 Å². The largest absolute Gasteiger partial charge is 1.00 e. The van der Waals surface area contributed by atoms with Gasteiger partial charge in [-0.2, -0.15) is 0 Å². The van der Waals surface area contributed by atoms with E-state index in [1.165, 1.54) is 0 Å². The van der Waals surface area contributed by atoms with Crippen molar-refractivity contribution in [2.45, 2.75) is 27.2 Å². The Hall–Kier alpha value is 0.137. The first-order valence-electron chi connectivity index (χ1n) is 3.67. The average Bonchev–Trinajstić information content (AvgIpc) is 1.91. The van der Waals surface area contributed by atoms with Crippen LogP contribution < -0.4 is 18.9 Å². The minimum Gasteiger partial charge on any atom is -0.555 e. The fourth-order valence-electron chi connectivity index (χ4n) is 0.627. The molecule has 0 aliphatic heterocycles. The molecule has 0 unspecified atom stereocenters. The van der Waals surface area contributed by atoms with Crippen molar-refractivity contribution >= 4 is 0 Å². The van der Waals surface area contributed by atoms with Gasteiger partial charge in [0.15, 0.2) is 0 Å². The first kappa shape index (κ1) is 12.8. The molecule has 0 saturated heterocycles. The molecule has 10 heavy (non-hydrogen) atoms. The molecule has 0 atom stereocenters. The van der Waals surface area contributed by atoms with E-state index >= 15 is 0 Å². The molecule has 0 aromatic carbocycles. The quantitative estimate of drug-likeness (QED) is 0.272. The van der Waals surface area contributed by atoms with Gasteiger partial charge in [0.05, 0.1) is 0 Å². The number of nitrogens with zero attached hydrogens (tertiary/aromatic N) is 1. The molecule has 54 valence electrons. The number of allylic oxidation sites excluding steroid dienone is 1. The summed E-state index contributed by atoms with van der Waals surface area (Å²) >= 11 is 0. The van der Waals surface area contributed by atoms with E-state index in [1.54, 1.807) is 0 Å². The van der Waals surface area contributed by atoms with Crippen molar-refractivity contribution in [1.29, 1.82) is 0 Å². The van der Waals surface area contributed by atoms with Gasteiger partial charge < -0.3 is 11.1 Å². The zero-order valence-corrected chi connectivity index (χ0v) is 7.65. The average molecular weight is 133 g/mol. The zero-order chi connectivity index (χ0) is 7.11. The van der Waals surface area contributed by atoms with Crippen molar-refractivity contribution in [2.75, 3.05) is 13.1 Å². The Balaban J connectivity index is 0. The summed E-state index contributed by atoms with van der Waals surface area (Å²) in [6.45, 7) is 8.52. The van der Waals surface area contributed by atoms with Crippen molar-refractivity contribution in [3.8, 4) is 0 Å². The van der Waals surface area contributed by atoms with Crippen molar-refractivity contribution in [3.05, 3.63) is 12.3 Å². The second-order valence-electron chi connectivity index (χ2n) is 1.91. The summed E-state index contributed by atoms with van der Waals surface area (Å²) in [4.78, 5) is 2.16. The van der Waals surface area contributed by atoms with Gasteiger partial charge >= 0.3 is 18.9 Å². The Labute approximate surface area is 76.7 Å². The SMILES string of the molecule is CCC=[C-]N(CC)CC.[Li+]. The fourth-order valence-corrected chi connectivity index (χ4v) is 0.627. The molecular weight excluding hydrogens is 117 g/mol. The van der Waals surface area contributed by atoms with E-state index < -0.39 is 0 Å². The van der Waals surface area contributed by atoms with Crippen LogP contribution in [-0.2, 0) is 0 Å². The minimum absolute atomic E-state index is 0. The third-order valence-corrected chi connectivity index (χ3v) is 1.24. The van der Waals surface area contributed by atoms with Gasteiger partial charge in [0.1, 0.15) is 0 Å². The summed E-state index contributed by atoms with van der Waals surface area (Å²) in [6.07, 6.45) is 6.32. The molecular formula is C8H16LiN. The predicted molar refractivity (Wildman–Crippen MR) is 41.0 cm³/mol. The van der Waals surface area contributed by atoms with Gasteiger partial charge in [0, 0.05) is 0 Å². The molecule has 0 fully saturated rings. The van der Waals surface area contributed by atoms with Crippen LogP contribution >= 0.6 is 0 Å². The van der Waals surface area contributed by atoms with Gasteiger partial charge in [-0.05, 0) is 13.1 Å². The molecule has 0 rings (SSSR count). The standard InChI is InChI=1S/C8H16N.Li/c1-4-7-8-9(5-2)6-3;/h7H,4-6H2,1-3H3;/q-1;+1. The van der Waals surface area contributed by atoms with Gasteiger partial charge in [0.25, 0.3) is 0 Å². The summed E-state index contributed by atoms with van der Waals surface area (Å²) in [5.74, 6) is 0. The smallest absolute Gasteiger partial charge is 0.555 e. The molecule has 0 spiro atoms. The summed E-state index contributed by atoms with van der Waals surface area (Å²) in [6, 6.07) is 0. The normalized spacial score (nSPS) is 9.50. The second kappa shape index (κ2) is 9.14. The minimum atomic E-state index is 0. The van der Waals surface area contributed by atoms with E-state index in [0.29, 0.717) is 0 Å². The maximum atomic E-state index is 3.18. The molecule has 0 heterocycles. The molecule has 0 aliphatic rings. The van der Waals surface area contributed by atoms with Crippen LogP contribution in [0.3, 0.4) is 0 Å². The fraction of sp³-hybridized carbons (Fsp3) is 0.750. The third-order valence-electron chi connectivity index (χ3n) is 1.24. The van der Waals surface area contributed by atoms with Crippen molar-refractivity contribution in [3.63, 3.8) is 0 Å². The van der Waals surface area contributed by atoms with Gasteiger partial charge in [-0.25, -0.2) is 0 Å². The van der Waals surface area contributed by atoms with Crippen LogP contribution in [0.2, 0.25) is 0 Å². The summed E-state index contributed by atoms with van der Waals surface area (Å²) in [5, 5.41) is 0. The van der Waals surface area contributed by atoms with E-state index in [0.717, 1.165) is 19.5 Å². The van der Waals surface area contributed by atoms with Crippen molar-refractivity contribution < 1.29 is 18.9 Å². The molecule has 0 aliphatic carbocycles. The van der Waals surface area contributed by atoms with Crippen molar-refractivity contribution in [1.82, 2.24) is 4.90 Å². The number of hydrogen-bond donors (Lipinski definition) is 0. The van der Waals surface area contributed by atoms with E-state index in [1.807, 2.05) is 0 Å². The molecule has 0 bridgehead atoms. The van der Waals surface area contributed by atoms with Crippen LogP contribution in [0.5, 0.6) is 0 Å². The zero-order valence-electron chi connectivity index (χ0n) is 7.65. The van der Waals surface area contributed by atoms with Gasteiger partial charge in [0.2, 0.25) is 0 Å². The first-order valence-corrected chi connectivity index (χ1v) is 3.67. The molecule has 0 aromatic rings. The van der Waals surface area contributed by atoms with Gasteiger partial charge in [-0.3, -0.25) is 6.08 Å². The maximum Gasteiger partial charge on any atom is 1.00 e. The maximum absolute atomic E-state index is 3.18. The molecule has 2 heteroatoms. The Morgan fingerprint density at radius 2 is 1.70 bits per heavy atom. The molecule has 0 amide bonds. The third kappa shape index (κ3) is 6.26. The molecule has 0 N–H and O–H groups in total. The molecule has 0 radical (unpaired) electrons. The monoisotopic (exact) mass is 133 g/mol. The van der Waals surface area contributed by atoms with E-state index in [-0.39, 0.29) is 18.9 Å². The Morgan fingerprint density at radius 3 is 2.00 bits per heavy atom. The van der Waals surface area contributed by atoms with Crippen LogP contribution in [0, 0.1) is 6.20 Å². The second-order valence-corrected chi connectivity index (χ2v) is 1.91.